The molecule has 78 valence electrons. The maximum Gasteiger partial charge on any atom is 0.169 e. The minimum Gasteiger partial charge on any atom is -0.360 e. The smallest absolute Gasteiger partial charge is 0.169 e. The molecule has 1 heterocycles. The van der Waals surface area contributed by atoms with Crippen LogP contribution >= 0.6 is 23.6 Å². The number of hydrogen-bond donors (Lipinski definition) is 1. The van der Waals surface area contributed by atoms with Crippen molar-refractivity contribution >= 4 is 28.7 Å². The average Bonchev–Trinajstić information content (AvgIpc) is 2.55. The molecule has 14 heavy (non-hydrogen) atoms. The lowest BCUT2D eigenvalue weighted by Gasteiger charge is -2.22. The van der Waals surface area contributed by atoms with Gasteiger partial charge in [0.1, 0.15) is 0 Å². The lowest BCUT2D eigenvalue weighted by Crippen LogP contribution is -2.40. The number of hydrogen-bond acceptors (Lipinski definition) is 2. The molecule has 2 nitrogen and oxygen atoms in total. The molecule has 0 aliphatic carbocycles. The summed E-state index contributed by atoms with van der Waals surface area (Å²) in [6.45, 7) is 5.05. The van der Waals surface area contributed by atoms with Crippen LogP contribution in [0.3, 0.4) is 0 Å². The Kier molecular flexibility index (Phi) is 4.35. The number of nitrogens with zero attached hydrogens (tertiary/aromatic N) is 1. The summed E-state index contributed by atoms with van der Waals surface area (Å²) in [5, 5.41) is 8.26. The maximum atomic E-state index is 5.24. The molecule has 1 rings (SSSR count). The highest BCUT2D eigenvalue weighted by atomic mass is 32.1. The van der Waals surface area contributed by atoms with Gasteiger partial charge in [0.25, 0.3) is 0 Å². The van der Waals surface area contributed by atoms with E-state index in [9.17, 15) is 0 Å². The van der Waals surface area contributed by atoms with Gasteiger partial charge < -0.3 is 10.2 Å². The van der Waals surface area contributed by atoms with Crippen molar-refractivity contribution in [1.29, 1.82) is 0 Å². The Morgan fingerprint density at radius 2 is 2.36 bits per heavy atom. The lowest BCUT2D eigenvalue weighted by atomic mass is 10.3. The van der Waals surface area contributed by atoms with Crippen molar-refractivity contribution < 1.29 is 0 Å². The molecular weight excluding hydrogens is 212 g/mol. The number of nitrogens with one attached hydrogen (secondary N) is 1. The van der Waals surface area contributed by atoms with Gasteiger partial charge in [0.05, 0.1) is 0 Å². The predicted octanol–water partition coefficient (Wildman–Crippen LogP) is 2.46. The predicted molar refractivity (Wildman–Crippen MR) is 66.7 cm³/mol. The second-order valence-corrected chi connectivity index (χ2v) is 4.76. The number of thiophene rings is 1. The summed E-state index contributed by atoms with van der Waals surface area (Å²) >= 11 is 6.96. The monoisotopic (exact) mass is 228 g/mol. The Morgan fingerprint density at radius 1 is 1.64 bits per heavy atom. The Hall–Kier alpha value is -0.610. The second kappa shape index (κ2) is 5.32. The standard InChI is InChI=1S/C10H16N2S2/c1-8(2)11-10(13)12(3)6-9-4-5-14-7-9/h4-5,7-8H,6H2,1-3H3,(H,11,13). The summed E-state index contributed by atoms with van der Waals surface area (Å²) in [7, 11) is 2.01. The van der Waals surface area contributed by atoms with E-state index < -0.39 is 0 Å². The van der Waals surface area contributed by atoms with Crippen LogP contribution in [0.15, 0.2) is 16.8 Å². The fourth-order valence-corrected chi connectivity index (χ4v) is 2.05. The van der Waals surface area contributed by atoms with Gasteiger partial charge in [-0.05, 0) is 48.5 Å². The van der Waals surface area contributed by atoms with E-state index in [1.165, 1.54) is 5.56 Å². The first-order chi connectivity index (χ1) is 6.59. The zero-order valence-corrected chi connectivity index (χ0v) is 10.4. The molecular formula is C10H16N2S2. The fourth-order valence-electron chi connectivity index (χ4n) is 1.09. The van der Waals surface area contributed by atoms with Gasteiger partial charge in [0, 0.05) is 19.6 Å². The molecule has 0 aromatic carbocycles. The summed E-state index contributed by atoms with van der Waals surface area (Å²) in [4.78, 5) is 2.05. The largest absolute Gasteiger partial charge is 0.360 e. The molecule has 0 fully saturated rings. The third-order valence-electron chi connectivity index (χ3n) is 1.76. The molecule has 0 aliphatic heterocycles. The number of rotatable bonds is 3. The van der Waals surface area contributed by atoms with Crippen molar-refractivity contribution in [3.05, 3.63) is 22.4 Å². The first-order valence-corrected chi connectivity index (χ1v) is 5.97. The quantitative estimate of drug-likeness (QED) is 0.800. The molecule has 0 atom stereocenters. The van der Waals surface area contributed by atoms with Crippen molar-refractivity contribution in [2.75, 3.05) is 7.05 Å². The van der Waals surface area contributed by atoms with Crippen molar-refractivity contribution in [2.45, 2.75) is 26.4 Å². The molecule has 0 amide bonds. The van der Waals surface area contributed by atoms with Crippen LogP contribution in [-0.4, -0.2) is 23.1 Å². The Balaban J connectivity index is 2.42. The van der Waals surface area contributed by atoms with Crippen molar-refractivity contribution in [1.82, 2.24) is 10.2 Å². The first kappa shape index (κ1) is 11.5. The van der Waals surface area contributed by atoms with E-state index in [4.69, 9.17) is 12.2 Å². The molecule has 0 saturated carbocycles. The van der Waals surface area contributed by atoms with E-state index >= 15 is 0 Å². The molecule has 1 N–H and O–H groups in total. The van der Waals surface area contributed by atoms with Crippen LogP contribution in [0.4, 0.5) is 0 Å². The molecule has 0 spiro atoms. The summed E-state index contributed by atoms with van der Waals surface area (Å²) in [5.74, 6) is 0. The summed E-state index contributed by atoms with van der Waals surface area (Å²) in [6, 6.07) is 2.52. The van der Waals surface area contributed by atoms with E-state index in [1.807, 2.05) is 7.05 Å². The van der Waals surface area contributed by atoms with Crippen molar-refractivity contribution in [3.8, 4) is 0 Å². The molecule has 1 aromatic rings. The Morgan fingerprint density at radius 3 is 2.86 bits per heavy atom. The van der Waals surface area contributed by atoms with E-state index in [0.717, 1.165) is 11.7 Å². The Labute approximate surface area is 94.9 Å². The highest BCUT2D eigenvalue weighted by molar-refractivity contribution is 7.80. The third-order valence-corrected chi connectivity index (χ3v) is 2.92. The zero-order chi connectivity index (χ0) is 10.6. The van der Waals surface area contributed by atoms with Crippen LogP contribution in [-0.2, 0) is 6.54 Å². The molecule has 0 bridgehead atoms. The van der Waals surface area contributed by atoms with Gasteiger partial charge in [-0.15, -0.1) is 0 Å². The highest BCUT2D eigenvalue weighted by Crippen LogP contribution is 2.08. The van der Waals surface area contributed by atoms with Crippen LogP contribution in [0.1, 0.15) is 19.4 Å². The first-order valence-electron chi connectivity index (χ1n) is 4.62. The highest BCUT2D eigenvalue weighted by Gasteiger charge is 2.05. The molecule has 0 unspecified atom stereocenters. The van der Waals surface area contributed by atoms with Crippen LogP contribution in [0.25, 0.3) is 0 Å². The van der Waals surface area contributed by atoms with Gasteiger partial charge >= 0.3 is 0 Å². The van der Waals surface area contributed by atoms with Crippen molar-refractivity contribution in [2.24, 2.45) is 0 Å². The van der Waals surface area contributed by atoms with Gasteiger partial charge in [-0.25, -0.2) is 0 Å². The third kappa shape index (κ3) is 3.64. The molecule has 1 aromatic heterocycles. The van der Waals surface area contributed by atoms with Crippen molar-refractivity contribution in [3.63, 3.8) is 0 Å². The van der Waals surface area contributed by atoms with E-state index in [-0.39, 0.29) is 0 Å². The van der Waals surface area contributed by atoms with Crippen LogP contribution < -0.4 is 5.32 Å². The van der Waals surface area contributed by atoms with E-state index in [2.05, 4.69) is 40.9 Å². The van der Waals surface area contributed by atoms with Crippen LogP contribution in [0, 0.1) is 0 Å². The van der Waals surface area contributed by atoms with Gasteiger partial charge in [0.15, 0.2) is 5.11 Å². The lowest BCUT2D eigenvalue weighted by molar-refractivity contribution is 0.481. The van der Waals surface area contributed by atoms with Crippen LogP contribution in [0.2, 0.25) is 0 Å². The summed E-state index contributed by atoms with van der Waals surface area (Å²) in [6.07, 6.45) is 0. The van der Waals surface area contributed by atoms with Gasteiger partial charge in [0.2, 0.25) is 0 Å². The topological polar surface area (TPSA) is 15.3 Å². The minimum atomic E-state index is 0.396. The van der Waals surface area contributed by atoms with Gasteiger partial charge in [-0.3, -0.25) is 0 Å². The molecule has 0 aliphatic rings. The summed E-state index contributed by atoms with van der Waals surface area (Å²) < 4.78 is 0. The second-order valence-electron chi connectivity index (χ2n) is 3.59. The fraction of sp³-hybridized carbons (Fsp3) is 0.500. The molecule has 0 radical (unpaired) electrons. The van der Waals surface area contributed by atoms with E-state index in [1.54, 1.807) is 11.3 Å². The normalized spacial score (nSPS) is 10.3. The van der Waals surface area contributed by atoms with E-state index in [0.29, 0.717) is 6.04 Å². The molecule has 0 saturated heterocycles. The summed E-state index contributed by atoms with van der Waals surface area (Å²) in [5.41, 5.74) is 1.31. The number of thiocarbonyl (C=S) groups is 1. The maximum absolute atomic E-state index is 5.24. The zero-order valence-electron chi connectivity index (χ0n) is 8.78. The Bertz CT molecular complexity index is 280. The SMILES string of the molecule is CC(C)NC(=S)N(C)Cc1ccsc1. The minimum absolute atomic E-state index is 0.396. The average molecular weight is 228 g/mol. The van der Waals surface area contributed by atoms with Gasteiger partial charge in [-0.1, -0.05) is 0 Å². The molecule has 4 heteroatoms. The van der Waals surface area contributed by atoms with Crippen LogP contribution in [0.5, 0.6) is 0 Å². The van der Waals surface area contributed by atoms with Gasteiger partial charge in [-0.2, -0.15) is 11.3 Å².